The van der Waals surface area contributed by atoms with Crippen LogP contribution in [0.3, 0.4) is 0 Å². The quantitative estimate of drug-likeness (QED) is 0.168. The molecule has 5 aromatic rings. The van der Waals surface area contributed by atoms with E-state index in [1.807, 2.05) is 44.2 Å². The van der Waals surface area contributed by atoms with Crippen LogP contribution in [0.25, 0.3) is 22.0 Å². The Morgan fingerprint density at radius 1 is 0.902 bits per heavy atom. The third-order valence-electron chi connectivity index (χ3n) is 10.0. The molecule has 4 aromatic carbocycles. The fourth-order valence-electron chi connectivity index (χ4n) is 7.30. The lowest BCUT2D eigenvalue weighted by Crippen LogP contribution is -2.43. The Labute approximate surface area is 295 Å². The Morgan fingerprint density at radius 2 is 1.69 bits per heavy atom. The molecule has 2 aliphatic heterocycles. The molecule has 2 N–H and O–H groups in total. The highest BCUT2D eigenvalue weighted by Crippen LogP contribution is 2.35. The molecule has 0 radical (unpaired) electrons. The standard InChI is InChI=1S/C40H41F3N6O2/c1-25-9-10-31(45-38(50)27-7-6-8-30(21-27)40(41,42)43)22-34(25)28-19-26(2)37-29(20-28)24-44-39(47-37)46-35-23-33(11-12-36(35)51-3)49-17-13-32(14-18-49)48-15-4-5-16-48/h6-12,19-24,32H,4-5,13-18H2,1-3H3,(H,45,50)(H,44,46,47). The SMILES string of the molecule is COc1ccc(N2CCC(N3CCCC3)CC2)cc1Nc1ncc2cc(-c3cc(NC(=O)c4cccc(C(F)(F)F)c4)ccc3C)cc(C)c2n1. The number of rotatable bonds is 8. The van der Waals surface area contributed by atoms with E-state index in [2.05, 4.69) is 37.6 Å². The van der Waals surface area contributed by atoms with Gasteiger partial charge in [-0.25, -0.2) is 9.97 Å². The highest BCUT2D eigenvalue weighted by Gasteiger charge is 2.31. The molecule has 0 saturated carbocycles. The van der Waals surface area contributed by atoms with E-state index in [4.69, 9.17) is 9.72 Å². The maximum absolute atomic E-state index is 13.2. The van der Waals surface area contributed by atoms with Gasteiger partial charge in [0.1, 0.15) is 5.75 Å². The second-order valence-electron chi connectivity index (χ2n) is 13.5. The van der Waals surface area contributed by atoms with Crippen molar-refractivity contribution in [2.75, 3.05) is 48.8 Å². The molecule has 0 atom stereocenters. The summed E-state index contributed by atoms with van der Waals surface area (Å²) in [5.74, 6) is 0.539. The summed E-state index contributed by atoms with van der Waals surface area (Å²) in [5.41, 5.74) is 5.94. The van der Waals surface area contributed by atoms with Crippen molar-refractivity contribution >= 4 is 39.8 Å². The molecule has 0 bridgehead atoms. The van der Waals surface area contributed by atoms with E-state index in [0.717, 1.165) is 69.8 Å². The van der Waals surface area contributed by atoms with Crippen LogP contribution in [0.1, 0.15) is 52.7 Å². The molecule has 0 spiro atoms. The molecule has 51 heavy (non-hydrogen) atoms. The lowest BCUT2D eigenvalue weighted by atomic mass is 9.96. The maximum Gasteiger partial charge on any atom is 0.416 e. The van der Waals surface area contributed by atoms with Crippen molar-refractivity contribution in [3.8, 4) is 16.9 Å². The average Bonchev–Trinajstić information content (AvgIpc) is 3.68. The van der Waals surface area contributed by atoms with Gasteiger partial charge >= 0.3 is 6.18 Å². The number of nitrogens with zero attached hydrogens (tertiary/aromatic N) is 4. The first-order valence-corrected chi connectivity index (χ1v) is 17.4. The smallest absolute Gasteiger partial charge is 0.416 e. The number of alkyl halides is 3. The lowest BCUT2D eigenvalue weighted by Gasteiger charge is -2.38. The van der Waals surface area contributed by atoms with Gasteiger partial charge in [0.15, 0.2) is 0 Å². The predicted molar refractivity (Wildman–Crippen MR) is 196 cm³/mol. The van der Waals surface area contributed by atoms with Crippen LogP contribution < -0.4 is 20.3 Å². The number of piperidine rings is 1. The van der Waals surface area contributed by atoms with Crippen molar-refractivity contribution < 1.29 is 22.7 Å². The number of hydrogen-bond donors (Lipinski definition) is 2. The molecule has 264 valence electrons. The number of aryl methyl sites for hydroxylation is 2. The van der Waals surface area contributed by atoms with Crippen LogP contribution in [0.5, 0.6) is 5.75 Å². The van der Waals surface area contributed by atoms with Crippen molar-refractivity contribution in [2.24, 2.45) is 0 Å². The van der Waals surface area contributed by atoms with Crippen LogP contribution in [0.15, 0.2) is 79.0 Å². The largest absolute Gasteiger partial charge is 0.495 e. The molecule has 0 unspecified atom stereocenters. The summed E-state index contributed by atoms with van der Waals surface area (Å²) in [6.45, 7) is 8.46. The minimum Gasteiger partial charge on any atom is -0.495 e. The Hall–Kier alpha value is -5.16. The fourth-order valence-corrected chi connectivity index (χ4v) is 7.30. The second kappa shape index (κ2) is 14.2. The van der Waals surface area contributed by atoms with Gasteiger partial charge in [-0.3, -0.25) is 4.79 Å². The lowest BCUT2D eigenvalue weighted by molar-refractivity contribution is -0.137. The van der Waals surface area contributed by atoms with E-state index in [-0.39, 0.29) is 5.56 Å². The molecule has 0 aliphatic carbocycles. The molecule has 2 saturated heterocycles. The second-order valence-corrected chi connectivity index (χ2v) is 13.5. The van der Waals surface area contributed by atoms with Crippen molar-refractivity contribution in [3.05, 3.63) is 101 Å². The summed E-state index contributed by atoms with van der Waals surface area (Å²) in [4.78, 5) is 27.5. The minimum atomic E-state index is -4.54. The van der Waals surface area contributed by atoms with Gasteiger partial charge in [-0.2, -0.15) is 13.2 Å². The van der Waals surface area contributed by atoms with Crippen molar-refractivity contribution in [1.82, 2.24) is 14.9 Å². The van der Waals surface area contributed by atoms with Gasteiger partial charge in [0.25, 0.3) is 5.91 Å². The van der Waals surface area contributed by atoms with Crippen LogP contribution in [0.2, 0.25) is 0 Å². The normalized spacial score (nSPS) is 15.7. The molecular weight excluding hydrogens is 653 g/mol. The van der Waals surface area contributed by atoms with Crippen LogP contribution >= 0.6 is 0 Å². The maximum atomic E-state index is 13.2. The summed E-state index contributed by atoms with van der Waals surface area (Å²) >= 11 is 0. The number of benzene rings is 4. The Bertz CT molecular complexity index is 2070. The van der Waals surface area contributed by atoms with E-state index < -0.39 is 17.6 Å². The Kier molecular flexibility index (Phi) is 9.56. The molecule has 11 heteroatoms. The number of likely N-dealkylation sites (tertiary alicyclic amines) is 1. The number of ether oxygens (including phenoxy) is 1. The summed E-state index contributed by atoms with van der Waals surface area (Å²) in [5, 5.41) is 6.99. The number of hydrogen-bond acceptors (Lipinski definition) is 7. The zero-order valence-electron chi connectivity index (χ0n) is 29.0. The zero-order chi connectivity index (χ0) is 35.7. The molecule has 2 aliphatic rings. The number of halogens is 3. The number of nitrogens with one attached hydrogen (secondary N) is 2. The topological polar surface area (TPSA) is 82.6 Å². The van der Waals surface area contributed by atoms with Gasteiger partial charge in [0, 0.05) is 47.7 Å². The van der Waals surface area contributed by atoms with E-state index in [0.29, 0.717) is 23.4 Å². The summed E-state index contributed by atoms with van der Waals surface area (Å²) in [6, 6.07) is 20.7. The summed E-state index contributed by atoms with van der Waals surface area (Å²) in [6.07, 6.45) is 2.22. The molecule has 1 amide bonds. The average molecular weight is 695 g/mol. The van der Waals surface area contributed by atoms with Crippen LogP contribution in [-0.4, -0.2) is 60.1 Å². The first-order chi connectivity index (χ1) is 24.6. The first-order valence-electron chi connectivity index (χ1n) is 17.4. The number of anilines is 4. The van der Waals surface area contributed by atoms with Crippen LogP contribution in [0, 0.1) is 13.8 Å². The summed E-state index contributed by atoms with van der Waals surface area (Å²) < 4.78 is 45.3. The number of fused-ring (bicyclic) bond motifs is 1. The van der Waals surface area contributed by atoms with E-state index >= 15 is 0 Å². The van der Waals surface area contributed by atoms with E-state index in [9.17, 15) is 18.0 Å². The number of methoxy groups -OCH3 is 1. The molecule has 8 nitrogen and oxygen atoms in total. The molecule has 2 fully saturated rings. The van der Waals surface area contributed by atoms with Gasteiger partial charge in [-0.15, -0.1) is 0 Å². The highest BCUT2D eigenvalue weighted by molar-refractivity contribution is 6.04. The molecular formula is C40H41F3N6O2. The van der Waals surface area contributed by atoms with Gasteiger partial charge in [-0.1, -0.05) is 12.1 Å². The third kappa shape index (κ3) is 7.49. The highest BCUT2D eigenvalue weighted by atomic mass is 19.4. The Morgan fingerprint density at radius 3 is 2.43 bits per heavy atom. The number of carbonyl (C=O) groups excluding carboxylic acids is 1. The van der Waals surface area contributed by atoms with Gasteiger partial charge < -0.3 is 25.2 Å². The van der Waals surface area contributed by atoms with E-state index in [1.165, 1.54) is 50.9 Å². The third-order valence-corrected chi connectivity index (χ3v) is 10.0. The predicted octanol–water partition coefficient (Wildman–Crippen LogP) is 9.00. The number of amides is 1. The van der Waals surface area contributed by atoms with E-state index in [1.54, 1.807) is 19.4 Å². The zero-order valence-corrected chi connectivity index (χ0v) is 29.0. The van der Waals surface area contributed by atoms with Crippen molar-refractivity contribution in [2.45, 2.75) is 51.7 Å². The monoisotopic (exact) mass is 694 g/mol. The summed E-state index contributed by atoms with van der Waals surface area (Å²) in [7, 11) is 1.66. The minimum absolute atomic E-state index is 0.0723. The first kappa shape index (κ1) is 34.3. The van der Waals surface area contributed by atoms with Crippen LogP contribution in [0.4, 0.5) is 36.2 Å². The molecule has 7 rings (SSSR count). The van der Waals surface area contributed by atoms with Gasteiger partial charge in [0.2, 0.25) is 5.95 Å². The van der Waals surface area contributed by atoms with Gasteiger partial charge in [-0.05, 0) is 136 Å². The van der Waals surface area contributed by atoms with Crippen molar-refractivity contribution in [3.63, 3.8) is 0 Å². The van der Waals surface area contributed by atoms with Crippen LogP contribution in [-0.2, 0) is 6.18 Å². The van der Waals surface area contributed by atoms with Crippen molar-refractivity contribution in [1.29, 1.82) is 0 Å². The number of aromatic nitrogens is 2. The van der Waals surface area contributed by atoms with Gasteiger partial charge in [0.05, 0.1) is 23.9 Å². The molecule has 3 heterocycles. The number of carbonyl (C=O) groups is 1. The Balaban J connectivity index is 1.09. The fraction of sp³-hybridized carbons (Fsp3) is 0.325. The molecule has 1 aromatic heterocycles.